The molecule has 8 heteroatoms. The Hall–Kier alpha value is -2.90. The fraction of sp³-hybridized carbons (Fsp3) is 0.500. The number of likely N-dealkylation sites (tertiary alicyclic amines) is 1. The molecule has 1 aromatic carbocycles. The molecule has 1 aliphatic carbocycles. The van der Waals surface area contributed by atoms with Gasteiger partial charge in [-0.25, -0.2) is 9.59 Å². The minimum Gasteiger partial charge on any atom is -0.465 e. The number of esters is 2. The molecular formula is C20H24N2O6. The molecule has 1 heterocycles. The maximum absolute atomic E-state index is 12.7. The first kappa shape index (κ1) is 19.9. The highest BCUT2D eigenvalue weighted by Gasteiger charge is 2.38. The van der Waals surface area contributed by atoms with E-state index in [1.54, 1.807) is 0 Å². The number of anilines is 1. The van der Waals surface area contributed by atoms with Gasteiger partial charge in [0.05, 0.1) is 31.3 Å². The van der Waals surface area contributed by atoms with Crippen LogP contribution in [0.2, 0.25) is 0 Å². The number of nitrogens with one attached hydrogen (secondary N) is 1. The van der Waals surface area contributed by atoms with Crippen molar-refractivity contribution in [2.75, 3.05) is 26.1 Å². The Labute approximate surface area is 163 Å². The van der Waals surface area contributed by atoms with Crippen molar-refractivity contribution in [2.24, 2.45) is 5.92 Å². The zero-order valence-corrected chi connectivity index (χ0v) is 16.0. The lowest BCUT2D eigenvalue weighted by Gasteiger charge is -2.23. The van der Waals surface area contributed by atoms with Gasteiger partial charge in [-0.1, -0.05) is 12.8 Å². The second-order valence-electron chi connectivity index (χ2n) is 7.16. The van der Waals surface area contributed by atoms with E-state index < -0.39 is 17.9 Å². The van der Waals surface area contributed by atoms with E-state index in [1.807, 2.05) is 4.90 Å². The number of methoxy groups -OCH3 is 2. The summed E-state index contributed by atoms with van der Waals surface area (Å²) < 4.78 is 9.39. The number of carbonyl (C=O) groups is 4. The van der Waals surface area contributed by atoms with E-state index in [0.29, 0.717) is 6.54 Å². The molecule has 3 rings (SSSR count). The van der Waals surface area contributed by atoms with Gasteiger partial charge in [0.25, 0.3) is 0 Å². The second-order valence-corrected chi connectivity index (χ2v) is 7.16. The maximum Gasteiger partial charge on any atom is 0.337 e. The number of ether oxygens (including phenoxy) is 2. The Morgan fingerprint density at radius 3 is 2.11 bits per heavy atom. The Morgan fingerprint density at radius 1 is 1.00 bits per heavy atom. The summed E-state index contributed by atoms with van der Waals surface area (Å²) >= 11 is 0. The predicted octanol–water partition coefficient (Wildman–Crippen LogP) is 1.99. The molecule has 8 nitrogen and oxygen atoms in total. The van der Waals surface area contributed by atoms with Crippen LogP contribution in [0.25, 0.3) is 0 Å². The molecule has 0 unspecified atom stereocenters. The lowest BCUT2D eigenvalue weighted by atomic mass is 10.1. The normalized spacial score (nSPS) is 19.6. The first-order valence-corrected chi connectivity index (χ1v) is 9.35. The minimum atomic E-state index is -0.635. The summed E-state index contributed by atoms with van der Waals surface area (Å²) in [5.74, 6) is -2.04. The van der Waals surface area contributed by atoms with Crippen molar-refractivity contribution >= 4 is 29.4 Å². The molecule has 0 bridgehead atoms. The number of benzene rings is 1. The van der Waals surface area contributed by atoms with Gasteiger partial charge < -0.3 is 19.7 Å². The topological polar surface area (TPSA) is 102 Å². The standard InChI is InChI=1S/C20H24N2O6/c1-27-19(25)12-7-13(20(26)28-2)9-15(8-12)21-18(24)14-10-17(23)22(11-14)16-5-3-4-6-16/h7-9,14,16H,3-6,10-11H2,1-2H3,(H,21,24)/t14-/m0/s1. The van der Waals surface area contributed by atoms with Crippen LogP contribution < -0.4 is 5.32 Å². The molecule has 2 fully saturated rings. The number of hydrogen-bond acceptors (Lipinski definition) is 6. The van der Waals surface area contributed by atoms with Crippen LogP contribution >= 0.6 is 0 Å². The van der Waals surface area contributed by atoms with E-state index in [4.69, 9.17) is 9.47 Å². The fourth-order valence-electron chi connectivity index (χ4n) is 3.89. The number of carbonyl (C=O) groups excluding carboxylic acids is 4. The lowest BCUT2D eigenvalue weighted by molar-refractivity contribution is -0.129. The largest absolute Gasteiger partial charge is 0.465 e. The quantitative estimate of drug-likeness (QED) is 0.774. The monoisotopic (exact) mass is 388 g/mol. The third-order valence-electron chi connectivity index (χ3n) is 5.34. The highest BCUT2D eigenvalue weighted by molar-refractivity contribution is 6.01. The molecule has 0 radical (unpaired) electrons. The summed E-state index contributed by atoms with van der Waals surface area (Å²) in [5, 5.41) is 2.72. The van der Waals surface area contributed by atoms with Crippen molar-refractivity contribution in [3.63, 3.8) is 0 Å². The first-order chi connectivity index (χ1) is 13.4. The van der Waals surface area contributed by atoms with Crippen LogP contribution in [-0.2, 0) is 19.1 Å². The molecule has 0 spiro atoms. The summed E-state index contributed by atoms with van der Waals surface area (Å²) in [4.78, 5) is 50.6. The van der Waals surface area contributed by atoms with Gasteiger partial charge in [0, 0.05) is 24.7 Å². The molecule has 1 atom stereocenters. The van der Waals surface area contributed by atoms with Crippen LogP contribution in [0.5, 0.6) is 0 Å². The number of amides is 2. The van der Waals surface area contributed by atoms with E-state index in [2.05, 4.69) is 5.32 Å². The lowest BCUT2D eigenvalue weighted by Crippen LogP contribution is -2.35. The Kier molecular flexibility index (Phi) is 5.96. The van der Waals surface area contributed by atoms with Gasteiger partial charge in [-0.3, -0.25) is 9.59 Å². The number of nitrogens with zero attached hydrogens (tertiary/aromatic N) is 1. The predicted molar refractivity (Wildman–Crippen MR) is 99.8 cm³/mol. The maximum atomic E-state index is 12.7. The molecule has 1 saturated heterocycles. The van der Waals surface area contributed by atoms with Gasteiger partial charge in [-0.15, -0.1) is 0 Å². The van der Waals surface area contributed by atoms with Gasteiger partial charge in [0.1, 0.15) is 0 Å². The molecule has 150 valence electrons. The average molecular weight is 388 g/mol. The van der Waals surface area contributed by atoms with Crippen molar-refractivity contribution in [3.8, 4) is 0 Å². The van der Waals surface area contributed by atoms with Crippen LogP contribution in [-0.4, -0.2) is 55.5 Å². The Bertz CT molecular complexity index is 766. The van der Waals surface area contributed by atoms with Crippen molar-refractivity contribution in [3.05, 3.63) is 29.3 Å². The summed E-state index contributed by atoms with van der Waals surface area (Å²) in [5.41, 5.74) is 0.520. The molecule has 1 saturated carbocycles. The van der Waals surface area contributed by atoms with Crippen molar-refractivity contribution in [1.82, 2.24) is 4.90 Å². The van der Waals surface area contributed by atoms with Crippen LogP contribution in [0.1, 0.15) is 52.8 Å². The van der Waals surface area contributed by atoms with Crippen molar-refractivity contribution in [1.29, 1.82) is 0 Å². The van der Waals surface area contributed by atoms with Crippen LogP contribution in [0.4, 0.5) is 5.69 Å². The summed E-state index contributed by atoms with van der Waals surface area (Å²) in [6.07, 6.45) is 4.38. The molecule has 1 aliphatic heterocycles. The highest BCUT2D eigenvalue weighted by Crippen LogP contribution is 2.30. The van der Waals surface area contributed by atoms with Gasteiger partial charge >= 0.3 is 11.9 Å². The molecule has 0 aromatic heterocycles. The number of hydrogen-bond donors (Lipinski definition) is 1. The van der Waals surface area contributed by atoms with E-state index in [-0.39, 0.29) is 41.1 Å². The van der Waals surface area contributed by atoms with Gasteiger partial charge in [0.2, 0.25) is 11.8 Å². The van der Waals surface area contributed by atoms with Crippen LogP contribution in [0.3, 0.4) is 0 Å². The third kappa shape index (κ3) is 4.16. The molecule has 2 amide bonds. The van der Waals surface area contributed by atoms with Crippen molar-refractivity contribution < 1.29 is 28.7 Å². The van der Waals surface area contributed by atoms with E-state index in [0.717, 1.165) is 25.7 Å². The summed E-state index contributed by atoms with van der Waals surface area (Å²) in [6.45, 7) is 0.399. The van der Waals surface area contributed by atoms with Gasteiger partial charge in [-0.05, 0) is 31.0 Å². The molecular weight excluding hydrogens is 364 g/mol. The van der Waals surface area contributed by atoms with E-state index in [1.165, 1.54) is 32.4 Å². The molecule has 2 aliphatic rings. The van der Waals surface area contributed by atoms with E-state index >= 15 is 0 Å². The zero-order chi connectivity index (χ0) is 20.3. The second kappa shape index (κ2) is 8.41. The van der Waals surface area contributed by atoms with Crippen molar-refractivity contribution in [2.45, 2.75) is 38.1 Å². The third-order valence-corrected chi connectivity index (χ3v) is 5.34. The summed E-state index contributed by atoms with van der Waals surface area (Å²) in [7, 11) is 2.46. The minimum absolute atomic E-state index is 0.00520. The molecule has 1 aromatic rings. The zero-order valence-electron chi connectivity index (χ0n) is 16.0. The van der Waals surface area contributed by atoms with E-state index in [9.17, 15) is 19.2 Å². The smallest absolute Gasteiger partial charge is 0.337 e. The Balaban J connectivity index is 1.75. The fourth-order valence-corrected chi connectivity index (χ4v) is 3.89. The highest BCUT2D eigenvalue weighted by atomic mass is 16.5. The van der Waals surface area contributed by atoms with Crippen LogP contribution in [0.15, 0.2) is 18.2 Å². The Morgan fingerprint density at radius 2 is 1.57 bits per heavy atom. The number of rotatable bonds is 5. The SMILES string of the molecule is COC(=O)c1cc(NC(=O)[C@H]2CC(=O)N(C3CCCC3)C2)cc(C(=O)OC)c1. The molecule has 28 heavy (non-hydrogen) atoms. The average Bonchev–Trinajstić information content (AvgIpc) is 3.35. The summed E-state index contributed by atoms with van der Waals surface area (Å²) in [6, 6.07) is 4.44. The van der Waals surface area contributed by atoms with Gasteiger partial charge in [0.15, 0.2) is 0 Å². The molecule has 1 N–H and O–H groups in total. The van der Waals surface area contributed by atoms with Gasteiger partial charge in [-0.2, -0.15) is 0 Å². The first-order valence-electron chi connectivity index (χ1n) is 9.35. The van der Waals surface area contributed by atoms with Crippen LogP contribution in [0, 0.1) is 5.92 Å².